The third-order valence-electron chi connectivity index (χ3n) is 8.63. The summed E-state index contributed by atoms with van der Waals surface area (Å²) in [5, 5.41) is 0. The Balaban J connectivity index is 1.38. The van der Waals surface area contributed by atoms with Gasteiger partial charge in [-0.1, -0.05) is 135 Å². The van der Waals surface area contributed by atoms with Crippen LogP contribution in [0.5, 0.6) is 0 Å². The van der Waals surface area contributed by atoms with Gasteiger partial charge in [0, 0.05) is 16.9 Å². The van der Waals surface area contributed by atoms with Crippen molar-refractivity contribution in [3.8, 4) is 11.3 Å². The molecule has 0 saturated carbocycles. The molecule has 2 nitrogen and oxygen atoms in total. The minimum absolute atomic E-state index is 0.158. The zero-order valence-corrected chi connectivity index (χ0v) is 26.6. The summed E-state index contributed by atoms with van der Waals surface area (Å²) in [7, 11) is 0. The number of hydrogen-bond donors (Lipinski definition) is 0. The Morgan fingerprint density at radius 1 is 0.477 bits per heavy atom. The second kappa shape index (κ2) is 12.4. The maximum absolute atomic E-state index is 4.95. The van der Waals surface area contributed by atoms with Gasteiger partial charge < -0.3 is 4.90 Å². The third-order valence-corrected chi connectivity index (χ3v) is 8.63. The molecule has 0 radical (unpaired) electrons. The summed E-state index contributed by atoms with van der Waals surface area (Å²) in [4.78, 5) is 7.18. The van der Waals surface area contributed by atoms with Crippen molar-refractivity contribution in [3.63, 3.8) is 0 Å². The number of pyridine rings is 1. The maximum atomic E-state index is 4.95. The van der Waals surface area contributed by atoms with Gasteiger partial charge in [-0.2, -0.15) is 0 Å². The fraction of sp³-hybridized carbons (Fsp3) is 0.146. The van der Waals surface area contributed by atoms with E-state index >= 15 is 0 Å². The number of anilines is 3. The van der Waals surface area contributed by atoms with Crippen LogP contribution in [0.2, 0.25) is 0 Å². The van der Waals surface area contributed by atoms with E-state index in [2.05, 4.69) is 156 Å². The van der Waals surface area contributed by atoms with Gasteiger partial charge in [0.25, 0.3) is 0 Å². The van der Waals surface area contributed by atoms with Crippen LogP contribution in [-0.2, 0) is 0 Å². The molecule has 0 aliphatic carbocycles. The molecule has 6 aromatic rings. The Morgan fingerprint density at radius 3 is 1.34 bits per heavy atom. The summed E-state index contributed by atoms with van der Waals surface area (Å²) in [6.07, 6.45) is 1.98. The van der Waals surface area contributed by atoms with Gasteiger partial charge in [-0.25, -0.2) is 0 Å². The number of rotatable bonds is 7. The number of aryl methyl sites for hydroxylation is 6. The summed E-state index contributed by atoms with van der Waals surface area (Å²) >= 11 is 0. The Hall–Kier alpha value is -4.89. The summed E-state index contributed by atoms with van der Waals surface area (Å²) in [6, 6.07) is 43.5. The molecule has 0 spiro atoms. The molecule has 1 aromatic heterocycles. The molecule has 0 N–H and O–H groups in total. The lowest BCUT2D eigenvalue weighted by atomic mass is 9.34. The van der Waals surface area contributed by atoms with E-state index in [4.69, 9.17) is 4.98 Å². The van der Waals surface area contributed by atoms with Gasteiger partial charge in [0.1, 0.15) is 0 Å². The van der Waals surface area contributed by atoms with Crippen LogP contribution in [0, 0.1) is 41.5 Å². The maximum Gasteiger partial charge on any atom is 0.242 e. The highest BCUT2D eigenvalue weighted by atomic mass is 15.1. The summed E-state index contributed by atoms with van der Waals surface area (Å²) in [5.41, 5.74) is 17.4. The zero-order chi connectivity index (χ0) is 30.8. The molecule has 0 aliphatic rings. The second-order valence-corrected chi connectivity index (χ2v) is 12.1. The minimum Gasteiger partial charge on any atom is -0.309 e. The van der Waals surface area contributed by atoms with Gasteiger partial charge in [-0.3, -0.25) is 4.98 Å². The summed E-state index contributed by atoms with van der Waals surface area (Å²) in [5.74, 6) is 0. The molecule has 0 amide bonds. The van der Waals surface area contributed by atoms with Gasteiger partial charge in [-0.05, 0) is 77.9 Å². The summed E-state index contributed by atoms with van der Waals surface area (Å²) < 4.78 is 0. The number of nitrogens with zero attached hydrogens (tertiary/aromatic N) is 2. The topological polar surface area (TPSA) is 16.1 Å². The van der Waals surface area contributed by atoms with Crippen molar-refractivity contribution in [2.24, 2.45) is 0 Å². The Morgan fingerprint density at radius 2 is 0.932 bits per heavy atom. The van der Waals surface area contributed by atoms with Crippen LogP contribution in [0.3, 0.4) is 0 Å². The fourth-order valence-electron chi connectivity index (χ4n) is 6.91. The molecule has 0 bridgehead atoms. The highest BCUT2D eigenvalue weighted by Gasteiger charge is 2.28. The van der Waals surface area contributed by atoms with E-state index in [0.717, 1.165) is 28.3 Å². The molecule has 6 rings (SSSR count). The van der Waals surface area contributed by atoms with E-state index in [9.17, 15) is 0 Å². The molecule has 216 valence electrons. The van der Waals surface area contributed by atoms with E-state index in [1.54, 1.807) is 0 Å². The van der Waals surface area contributed by atoms with Crippen molar-refractivity contribution in [3.05, 3.63) is 161 Å². The van der Waals surface area contributed by atoms with Crippen molar-refractivity contribution in [2.45, 2.75) is 41.5 Å². The van der Waals surface area contributed by atoms with Crippen molar-refractivity contribution in [2.75, 3.05) is 4.90 Å². The lowest BCUT2D eigenvalue weighted by Gasteiger charge is -2.25. The van der Waals surface area contributed by atoms with Crippen LogP contribution in [0.1, 0.15) is 33.4 Å². The average molecular weight is 571 g/mol. The zero-order valence-electron chi connectivity index (χ0n) is 26.6. The summed E-state index contributed by atoms with van der Waals surface area (Å²) in [6.45, 7) is 13.6. The van der Waals surface area contributed by atoms with Gasteiger partial charge in [0.05, 0.1) is 17.6 Å². The van der Waals surface area contributed by atoms with Gasteiger partial charge >= 0.3 is 0 Å². The van der Waals surface area contributed by atoms with E-state index in [1.165, 1.54) is 49.8 Å². The molecule has 0 saturated heterocycles. The quantitative estimate of drug-likeness (QED) is 0.179. The third kappa shape index (κ3) is 5.83. The van der Waals surface area contributed by atoms with Gasteiger partial charge in [-0.15, -0.1) is 0 Å². The van der Waals surface area contributed by atoms with Crippen LogP contribution >= 0.6 is 0 Å². The standard InChI is InChI=1S/C41H39BN2/c1-28-23-30(3)40(31(4)24-28)42(41-32(5)25-29(2)26-33(41)6)35-19-17-34(18-20-35)39-22-21-38(27-43-39)44(36-13-9-7-10-14-36)37-15-11-8-12-16-37/h7-27H,1-6H3. The Bertz CT molecular complexity index is 1750. The molecule has 0 fully saturated rings. The number of hydrogen-bond acceptors (Lipinski definition) is 2. The van der Waals surface area contributed by atoms with E-state index in [-0.39, 0.29) is 6.71 Å². The van der Waals surface area contributed by atoms with E-state index in [0.29, 0.717) is 0 Å². The van der Waals surface area contributed by atoms with Crippen molar-refractivity contribution in [1.82, 2.24) is 4.98 Å². The normalized spacial score (nSPS) is 11.0. The monoisotopic (exact) mass is 570 g/mol. The molecule has 0 aliphatic heterocycles. The molecule has 3 heteroatoms. The van der Waals surface area contributed by atoms with Crippen molar-refractivity contribution < 1.29 is 0 Å². The predicted molar refractivity (Wildman–Crippen MR) is 190 cm³/mol. The molecular formula is C41H39BN2. The Labute approximate surface area is 263 Å². The first-order chi connectivity index (χ1) is 21.3. The first-order valence-corrected chi connectivity index (χ1v) is 15.4. The lowest BCUT2D eigenvalue weighted by Crippen LogP contribution is -2.55. The fourth-order valence-corrected chi connectivity index (χ4v) is 6.91. The van der Waals surface area contributed by atoms with Crippen LogP contribution in [-0.4, -0.2) is 11.7 Å². The van der Waals surface area contributed by atoms with Gasteiger partial charge in [0.15, 0.2) is 0 Å². The lowest BCUT2D eigenvalue weighted by molar-refractivity contribution is 1.23. The van der Waals surface area contributed by atoms with Crippen molar-refractivity contribution in [1.29, 1.82) is 0 Å². The average Bonchev–Trinajstić information content (AvgIpc) is 3.01. The largest absolute Gasteiger partial charge is 0.309 e. The highest BCUT2D eigenvalue weighted by Crippen LogP contribution is 2.34. The molecule has 44 heavy (non-hydrogen) atoms. The minimum atomic E-state index is 0.158. The van der Waals surface area contributed by atoms with E-state index in [1.807, 2.05) is 18.3 Å². The number of para-hydroxylation sites is 2. The molecule has 0 unspecified atom stereocenters. The molecule has 1 heterocycles. The van der Waals surface area contributed by atoms with Gasteiger partial charge in [0.2, 0.25) is 6.71 Å². The molecular weight excluding hydrogens is 531 g/mol. The van der Waals surface area contributed by atoms with E-state index < -0.39 is 0 Å². The SMILES string of the molecule is Cc1cc(C)c(B(c2ccc(-c3ccc(N(c4ccccc4)c4ccccc4)cn3)cc2)c2c(C)cc(C)cc2C)c(C)c1. The van der Waals surface area contributed by atoms with Crippen LogP contribution in [0.25, 0.3) is 11.3 Å². The number of aromatic nitrogens is 1. The molecule has 5 aromatic carbocycles. The first-order valence-electron chi connectivity index (χ1n) is 15.4. The van der Waals surface area contributed by atoms with Crippen LogP contribution in [0.4, 0.5) is 17.1 Å². The first kappa shape index (κ1) is 29.2. The molecule has 0 atom stereocenters. The Kier molecular flexibility index (Phi) is 8.22. The second-order valence-electron chi connectivity index (χ2n) is 12.1. The highest BCUT2D eigenvalue weighted by molar-refractivity contribution is 6.96. The number of benzene rings is 5. The smallest absolute Gasteiger partial charge is 0.242 e. The van der Waals surface area contributed by atoms with Crippen LogP contribution < -0.4 is 21.3 Å². The van der Waals surface area contributed by atoms with Crippen molar-refractivity contribution >= 4 is 40.2 Å². The van der Waals surface area contributed by atoms with Crippen LogP contribution in [0.15, 0.2) is 128 Å². The predicted octanol–water partition coefficient (Wildman–Crippen LogP) is 8.59.